The summed E-state index contributed by atoms with van der Waals surface area (Å²) in [6, 6.07) is 6.52. The molecular formula is C15H25ClN2O. The van der Waals surface area contributed by atoms with Gasteiger partial charge in [0, 0.05) is 56.2 Å². The van der Waals surface area contributed by atoms with Crippen molar-refractivity contribution in [1.82, 2.24) is 5.32 Å². The van der Waals surface area contributed by atoms with E-state index in [0.29, 0.717) is 6.04 Å². The Kier molecular flexibility index (Phi) is 7.21. The molecule has 0 saturated carbocycles. The number of anilines is 1. The van der Waals surface area contributed by atoms with E-state index in [0.717, 1.165) is 36.7 Å². The van der Waals surface area contributed by atoms with Gasteiger partial charge in [0.1, 0.15) is 0 Å². The molecule has 1 N–H and O–H groups in total. The van der Waals surface area contributed by atoms with Gasteiger partial charge in [-0.3, -0.25) is 0 Å². The standard InChI is InChI=1S/C15H25ClN2O/c1-12(2)17-11-13-14(16)7-5-8-15(13)18(3)9-6-10-19-4/h5,7-8,12,17H,6,9-11H2,1-4H3. The van der Waals surface area contributed by atoms with Crippen LogP contribution in [0.4, 0.5) is 5.69 Å². The van der Waals surface area contributed by atoms with Crippen LogP contribution in [0.3, 0.4) is 0 Å². The minimum absolute atomic E-state index is 0.447. The lowest BCUT2D eigenvalue weighted by molar-refractivity contribution is 0.196. The highest BCUT2D eigenvalue weighted by Crippen LogP contribution is 2.27. The fourth-order valence-electron chi connectivity index (χ4n) is 1.95. The monoisotopic (exact) mass is 284 g/mol. The number of hydrogen-bond donors (Lipinski definition) is 1. The Morgan fingerprint density at radius 2 is 2.11 bits per heavy atom. The Balaban J connectivity index is 2.77. The van der Waals surface area contributed by atoms with E-state index >= 15 is 0 Å². The Morgan fingerprint density at radius 1 is 1.37 bits per heavy atom. The molecule has 0 aliphatic rings. The van der Waals surface area contributed by atoms with E-state index in [2.05, 4.69) is 37.2 Å². The predicted octanol–water partition coefficient (Wildman–Crippen LogP) is 3.31. The van der Waals surface area contributed by atoms with Gasteiger partial charge in [0.05, 0.1) is 0 Å². The summed E-state index contributed by atoms with van der Waals surface area (Å²) in [5.41, 5.74) is 2.36. The van der Waals surface area contributed by atoms with Gasteiger partial charge < -0.3 is 15.0 Å². The molecular weight excluding hydrogens is 260 g/mol. The van der Waals surface area contributed by atoms with Crippen LogP contribution in [0.1, 0.15) is 25.8 Å². The topological polar surface area (TPSA) is 24.5 Å². The molecule has 1 aromatic carbocycles. The maximum atomic E-state index is 6.33. The average Bonchev–Trinajstić information content (AvgIpc) is 2.37. The van der Waals surface area contributed by atoms with E-state index in [1.807, 2.05) is 12.1 Å². The molecule has 0 aliphatic heterocycles. The third-order valence-electron chi connectivity index (χ3n) is 3.03. The van der Waals surface area contributed by atoms with Crippen molar-refractivity contribution in [3.8, 4) is 0 Å². The van der Waals surface area contributed by atoms with Crippen LogP contribution in [0.5, 0.6) is 0 Å². The first-order valence-electron chi connectivity index (χ1n) is 6.77. The van der Waals surface area contributed by atoms with Gasteiger partial charge >= 0.3 is 0 Å². The molecule has 0 aromatic heterocycles. The van der Waals surface area contributed by atoms with Gasteiger partial charge in [-0.15, -0.1) is 0 Å². The molecule has 1 aromatic rings. The van der Waals surface area contributed by atoms with Gasteiger partial charge in [0.15, 0.2) is 0 Å². The van der Waals surface area contributed by atoms with Crippen LogP contribution < -0.4 is 10.2 Å². The largest absolute Gasteiger partial charge is 0.385 e. The van der Waals surface area contributed by atoms with Crippen LogP contribution in [0.25, 0.3) is 0 Å². The molecule has 0 amide bonds. The number of nitrogens with zero attached hydrogens (tertiary/aromatic N) is 1. The van der Waals surface area contributed by atoms with Crippen LogP contribution in [0, 0.1) is 0 Å². The molecule has 0 fully saturated rings. The zero-order valence-electron chi connectivity index (χ0n) is 12.4. The number of rotatable bonds is 8. The smallest absolute Gasteiger partial charge is 0.0479 e. The lowest BCUT2D eigenvalue weighted by atomic mass is 10.1. The van der Waals surface area contributed by atoms with Gasteiger partial charge in [0.25, 0.3) is 0 Å². The summed E-state index contributed by atoms with van der Waals surface area (Å²) in [6.45, 7) is 6.81. The van der Waals surface area contributed by atoms with Crippen molar-refractivity contribution in [3.05, 3.63) is 28.8 Å². The van der Waals surface area contributed by atoms with Crippen molar-refractivity contribution in [2.75, 3.05) is 32.2 Å². The third kappa shape index (κ3) is 5.39. The van der Waals surface area contributed by atoms with E-state index in [1.54, 1.807) is 7.11 Å². The highest BCUT2D eigenvalue weighted by atomic mass is 35.5. The zero-order valence-corrected chi connectivity index (χ0v) is 13.1. The average molecular weight is 285 g/mol. The van der Waals surface area contributed by atoms with Crippen molar-refractivity contribution >= 4 is 17.3 Å². The number of methoxy groups -OCH3 is 1. The van der Waals surface area contributed by atoms with Crippen LogP contribution in [0.15, 0.2) is 18.2 Å². The minimum Gasteiger partial charge on any atom is -0.385 e. The highest BCUT2D eigenvalue weighted by molar-refractivity contribution is 6.31. The molecule has 0 unspecified atom stereocenters. The second-order valence-electron chi connectivity index (χ2n) is 5.04. The first-order chi connectivity index (χ1) is 9.06. The SMILES string of the molecule is COCCCN(C)c1cccc(Cl)c1CNC(C)C. The van der Waals surface area contributed by atoms with Gasteiger partial charge in [-0.05, 0) is 18.6 Å². The molecule has 1 rings (SSSR count). The van der Waals surface area contributed by atoms with Crippen molar-refractivity contribution in [1.29, 1.82) is 0 Å². The number of ether oxygens (including phenoxy) is 1. The predicted molar refractivity (Wildman–Crippen MR) is 83.2 cm³/mol. The molecule has 0 spiro atoms. The Hall–Kier alpha value is -0.770. The van der Waals surface area contributed by atoms with Crippen molar-refractivity contribution in [3.63, 3.8) is 0 Å². The molecule has 3 nitrogen and oxygen atoms in total. The Morgan fingerprint density at radius 3 is 2.74 bits per heavy atom. The number of benzene rings is 1. The molecule has 0 aliphatic carbocycles. The fourth-order valence-corrected chi connectivity index (χ4v) is 2.19. The van der Waals surface area contributed by atoms with Gasteiger partial charge in [0.2, 0.25) is 0 Å². The van der Waals surface area contributed by atoms with Crippen molar-refractivity contribution in [2.45, 2.75) is 32.9 Å². The van der Waals surface area contributed by atoms with Gasteiger partial charge in [-0.1, -0.05) is 31.5 Å². The van der Waals surface area contributed by atoms with Crippen molar-refractivity contribution in [2.24, 2.45) is 0 Å². The Labute approximate surface area is 121 Å². The lowest BCUT2D eigenvalue weighted by Gasteiger charge is -2.24. The number of nitrogens with one attached hydrogen (secondary N) is 1. The molecule has 108 valence electrons. The lowest BCUT2D eigenvalue weighted by Crippen LogP contribution is -2.26. The van der Waals surface area contributed by atoms with Gasteiger partial charge in [-0.2, -0.15) is 0 Å². The van der Waals surface area contributed by atoms with Gasteiger partial charge in [-0.25, -0.2) is 0 Å². The maximum absolute atomic E-state index is 6.33. The molecule has 19 heavy (non-hydrogen) atoms. The van der Waals surface area contributed by atoms with Crippen molar-refractivity contribution < 1.29 is 4.74 Å². The Bertz CT molecular complexity index is 382. The first-order valence-corrected chi connectivity index (χ1v) is 7.15. The molecule has 4 heteroatoms. The third-order valence-corrected chi connectivity index (χ3v) is 3.39. The molecule has 0 saturated heterocycles. The van der Waals surface area contributed by atoms with E-state index < -0.39 is 0 Å². The summed E-state index contributed by atoms with van der Waals surface area (Å²) in [5, 5.41) is 4.25. The zero-order chi connectivity index (χ0) is 14.3. The second-order valence-corrected chi connectivity index (χ2v) is 5.45. The quantitative estimate of drug-likeness (QED) is 0.741. The molecule has 0 atom stereocenters. The normalized spacial score (nSPS) is 11.1. The summed E-state index contributed by atoms with van der Waals surface area (Å²) in [7, 11) is 3.83. The van der Waals surface area contributed by atoms with Crippen LogP contribution in [0.2, 0.25) is 5.02 Å². The number of hydrogen-bond acceptors (Lipinski definition) is 3. The van der Waals surface area contributed by atoms with Crippen LogP contribution >= 0.6 is 11.6 Å². The summed E-state index contributed by atoms with van der Waals surface area (Å²) in [6.07, 6.45) is 1.01. The highest BCUT2D eigenvalue weighted by Gasteiger charge is 2.11. The minimum atomic E-state index is 0.447. The van der Waals surface area contributed by atoms with Crippen LogP contribution in [-0.4, -0.2) is 33.4 Å². The summed E-state index contributed by atoms with van der Waals surface area (Å²) >= 11 is 6.33. The second kappa shape index (κ2) is 8.41. The summed E-state index contributed by atoms with van der Waals surface area (Å²) in [5.74, 6) is 0. The number of halogens is 1. The molecule has 0 radical (unpaired) electrons. The molecule has 0 bridgehead atoms. The summed E-state index contributed by atoms with van der Waals surface area (Å²) in [4.78, 5) is 2.24. The summed E-state index contributed by atoms with van der Waals surface area (Å²) < 4.78 is 5.10. The van der Waals surface area contributed by atoms with E-state index in [-0.39, 0.29) is 0 Å². The van der Waals surface area contributed by atoms with E-state index in [1.165, 1.54) is 5.69 Å². The fraction of sp³-hybridized carbons (Fsp3) is 0.600. The first kappa shape index (κ1) is 16.3. The van der Waals surface area contributed by atoms with E-state index in [9.17, 15) is 0 Å². The molecule has 0 heterocycles. The maximum Gasteiger partial charge on any atom is 0.0479 e. The van der Waals surface area contributed by atoms with E-state index in [4.69, 9.17) is 16.3 Å². The van der Waals surface area contributed by atoms with Crippen LogP contribution in [-0.2, 0) is 11.3 Å².